The molecule has 0 bridgehead atoms. The van der Waals surface area contributed by atoms with E-state index in [-0.39, 0.29) is 0 Å². The summed E-state index contributed by atoms with van der Waals surface area (Å²) in [5.74, 6) is -0.787. The Bertz CT molecular complexity index is 611. The molecule has 1 aliphatic rings. The molecule has 6 heteroatoms. The molecule has 21 heavy (non-hydrogen) atoms. The zero-order valence-electron chi connectivity index (χ0n) is 11.6. The van der Waals surface area contributed by atoms with Crippen LogP contribution in [0.3, 0.4) is 0 Å². The van der Waals surface area contributed by atoms with E-state index in [9.17, 15) is 9.90 Å². The van der Waals surface area contributed by atoms with Gasteiger partial charge in [0.25, 0.3) is 0 Å². The number of rotatable bonds is 4. The monoisotopic (exact) mass is 286 g/mol. The molecular formula is C15H18N4O2. The number of nitrogens with zero attached hydrogens (tertiary/aromatic N) is 3. The molecule has 2 heterocycles. The minimum Gasteiger partial charge on any atom is -0.480 e. The molecule has 2 N–H and O–H groups in total. The summed E-state index contributed by atoms with van der Waals surface area (Å²) in [5, 5.41) is 16.9. The molecule has 2 aromatic rings. The number of piperazine rings is 1. The Morgan fingerprint density at radius 2 is 2.14 bits per heavy atom. The highest BCUT2D eigenvalue weighted by atomic mass is 16.4. The zero-order valence-corrected chi connectivity index (χ0v) is 11.6. The normalized spacial score (nSPS) is 19.5. The molecular weight excluding hydrogens is 268 g/mol. The molecule has 0 aliphatic carbocycles. The highest BCUT2D eigenvalue weighted by Crippen LogP contribution is 2.11. The highest BCUT2D eigenvalue weighted by Gasteiger charge is 2.28. The summed E-state index contributed by atoms with van der Waals surface area (Å²) in [6, 6.07) is 11.3. The molecule has 0 spiro atoms. The van der Waals surface area contributed by atoms with E-state index in [2.05, 4.69) is 10.4 Å². The van der Waals surface area contributed by atoms with Crippen molar-refractivity contribution in [3.05, 3.63) is 48.3 Å². The van der Waals surface area contributed by atoms with Gasteiger partial charge in [0.2, 0.25) is 0 Å². The smallest absolute Gasteiger partial charge is 0.322 e. The van der Waals surface area contributed by atoms with Gasteiger partial charge in [0.1, 0.15) is 6.04 Å². The van der Waals surface area contributed by atoms with E-state index in [1.807, 2.05) is 52.2 Å². The maximum atomic E-state index is 11.3. The van der Waals surface area contributed by atoms with Crippen LogP contribution in [0.5, 0.6) is 0 Å². The van der Waals surface area contributed by atoms with Gasteiger partial charge < -0.3 is 10.4 Å². The number of carbonyl (C=O) groups is 1. The van der Waals surface area contributed by atoms with Crippen LogP contribution in [0, 0.1) is 0 Å². The summed E-state index contributed by atoms with van der Waals surface area (Å²) in [6.45, 7) is 2.56. The zero-order chi connectivity index (χ0) is 14.7. The van der Waals surface area contributed by atoms with Gasteiger partial charge in [0.15, 0.2) is 0 Å². The Hall–Kier alpha value is -2.18. The Balaban J connectivity index is 1.73. The standard InChI is InChI=1S/C15H18N4O2/c20-15(21)14-10-16-7-9-18(14)11-12-6-8-19(17-12)13-4-2-1-3-5-13/h1-6,8,14,16H,7,9-11H2,(H,20,21). The Kier molecular flexibility index (Phi) is 3.98. The topological polar surface area (TPSA) is 70.4 Å². The van der Waals surface area contributed by atoms with Gasteiger partial charge in [-0.25, -0.2) is 4.68 Å². The lowest BCUT2D eigenvalue weighted by molar-refractivity contribution is -0.144. The van der Waals surface area contributed by atoms with Crippen molar-refractivity contribution >= 4 is 5.97 Å². The first-order valence-corrected chi connectivity index (χ1v) is 7.01. The molecule has 1 unspecified atom stereocenters. The van der Waals surface area contributed by atoms with Gasteiger partial charge in [-0.1, -0.05) is 18.2 Å². The fraction of sp³-hybridized carbons (Fsp3) is 0.333. The molecule has 6 nitrogen and oxygen atoms in total. The van der Waals surface area contributed by atoms with E-state index >= 15 is 0 Å². The molecule has 0 amide bonds. The van der Waals surface area contributed by atoms with Crippen LogP contribution in [-0.4, -0.2) is 51.4 Å². The van der Waals surface area contributed by atoms with Crippen molar-refractivity contribution in [2.24, 2.45) is 0 Å². The van der Waals surface area contributed by atoms with Gasteiger partial charge in [-0.05, 0) is 18.2 Å². The third-order valence-electron chi connectivity index (χ3n) is 3.67. The second kappa shape index (κ2) is 6.07. The molecule has 1 fully saturated rings. The minimum atomic E-state index is -0.787. The van der Waals surface area contributed by atoms with Crippen LogP contribution in [0.25, 0.3) is 5.69 Å². The number of aliphatic carboxylic acids is 1. The van der Waals surface area contributed by atoms with Crippen LogP contribution in [0.1, 0.15) is 5.69 Å². The second-order valence-corrected chi connectivity index (χ2v) is 5.12. The van der Waals surface area contributed by atoms with Crippen molar-refractivity contribution in [1.82, 2.24) is 20.0 Å². The molecule has 1 atom stereocenters. The number of aromatic nitrogens is 2. The Morgan fingerprint density at radius 1 is 1.33 bits per heavy atom. The van der Waals surface area contributed by atoms with Crippen molar-refractivity contribution < 1.29 is 9.90 Å². The van der Waals surface area contributed by atoms with Crippen LogP contribution >= 0.6 is 0 Å². The molecule has 1 aromatic carbocycles. The predicted molar refractivity (Wildman–Crippen MR) is 78.3 cm³/mol. The summed E-state index contributed by atoms with van der Waals surface area (Å²) in [5.41, 5.74) is 1.88. The average molecular weight is 286 g/mol. The number of carboxylic acids is 1. The summed E-state index contributed by atoms with van der Waals surface area (Å²) in [7, 11) is 0. The first-order valence-electron chi connectivity index (χ1n) is 7.01. The van der Waals surface area contributed by atoms with Gasteiger partial charge in [-0.2, -0.15) is 5.10 Å². The molecule has 0 saturated carbocycles. The van der Waals surface area contributed by atoms with Crippen LogP contribution in [0.15, 0.2) is 42.6 Å². The van der Waals surface area contributed by atoms with E-state index in [1.54, 1.807) is 0 Å². The fourth-order valence-corrected chi connectivity index (χ4v) is 2.56. The quantitative estimate of drug-likeness (QED) is 0.867. The number of nitrogens with one attached hydrogen (secondary N) is 1. The van der Waals surface area contributed by atoms with Gasteiger partial charge >= 0.3 is 5.97 Å². The van der Waals surface area contributed by atoms with Crippen molar-refractivity contribution in [3.63, 3.8) is 0 Å². The fourth-order valence-electron chi connectivity index (χ4n) is 2.56. The number of hydrogen-bond donors (Lipinski definition) is 2. The predicted octanol–water partition coefficient (Wildman–Crippen LogP) is 0.731. The highest BCUT2D eigenvalue weighted by molar-refractivity contribution is 5.73. The third-order valence-corrected chi connectivity index (χ3v) is 3.67. The van der Waals surface area contributed by atoms with Crippen molar-refractivity contribution in [2.75, 3.05) is 19.6 Å². The number of benzene rings is 1. The van der Waals surface area contributed by atoms with Gasteiger partial charge in [-0.15, -0.1) is 0 Å². The van der Waals surface area contributed by atoms with E-state index in [0.717, 1.165) is 24.5 Å². The molecule has 110 valence electrons. The molecule has 1 aliphatic heterocycles. The lowest BCUT2D eigenvalue weighted by atomic mass is 10.2. The lowest BCUT2D eigenvalue weighted by Crippen LogP contribution is -2.54. The first kappa shape index (κ1) is 13.8. The summed E-state index contributed by atoms with van der Waals surface area (Å²) in [6.07, 6.45) is 1.91. The van der Waals surface area contributed by atoms with Gasteiger partial charge in [0.05, 0.1) is 11.4 Å². The minimum absolute atomic E-state index is 0.481. The van der Waals surface area contributed by atoms with Gasteiger partial charge in [-0.3, -0.25) is 9.69 Å². The van der Waals surface area contributed by atoms with Gasteiger partial charge in [0, 0.05) is 32.4 Å². The van der Waals surface area contributed by atoms with Crippen molar-refractivity contribution in [1.29, 1.82) is 0 Å². The van der Waals surface area contributed by atoms with E-state index in [1.165, 1.54) is 0 Å². The summed E-state index contributed by atoms with van der Waals surface area (Å²) < 4.78 is 1.81. The van der Waals surface area contributed by atoms with E-state index in [0.29, 0.717) is 13.1 Å². The maximum absolute atomic E-state index is 11.3. The van der Waals surface area contributed by atoms with E-state index in [4.69, 9.17) is 0 Å². The average Bonchev–Trinajstić information content (AvgIpc) is 2.97. The lowest BCUT2D eigenvalue weighted by Gasteiger charge is -2.32. The largest absolute Gasteiger partial charge is 0.480 e. The van der Waals surface area contributed by atoms with Crippen LogP contribution in [-0.2, 0) is 11.3 Å². The summed E-state index contributed by atoms with van der Waals surface area (Å²) >= 11 is 0. The van der Waals surface area contributed by atoms with Crippen LogP contribution in [0.4, 0.5) is 0 Å². The summed E-state index contributed by atoms with van der Waals surface area (Å²) in [4.78, 5) is 13.2. The molecule has 1 aromatic heterocycles. The number of hydrogen-bond acceptors (Lipinski definition) is 4. The number of carboxylic acid groups (broad SMARTS) is 1. The SMILES string of the molecule is O=C(O)C1CNCCN1Cc1ccn(-c2ccccc2)n1. The van der Waals surface area contributed by atoms with Crippen molar-refractivity contribution in [2.45, 2.75) is 12.6 Å². The maximum Gasteiger partial charge on any atom is 0.322 e. The number of para-hydroxylation sites is 1. The molecule has 1 saturated heterocycles. The van der Waals surface area contributed by atoms with E-state index < -0.39 is 12.0 Å². The second-order valence-electron chi connectivity index (χ2n) is 5.12. The van der Waals surface area contributed by atoms with Crippen molar-refractivity contribution in [3.8, 4) is 5.69 Å². The Labute approximate surface area is 123 Å². The van der Waals surface area contributed by atoms with Crippen LogP contribution in [0.2, 0.25) is 0 Å². The molecule has 3 rings (SSSR count). The third kappa shape index (κ3) is 3.12. The Morgan fingerprint density at radius 3 is 2.90 bits per heavy atom. The first-order chi connectivity index (χ1) is 10.2. The molecule has 0 radical (unpaired) electrons. The van der Waals surface area contributed by atoms with Crippen LogP contribution < -0.4 is 5.32 Å².